The van der Waals surface area contributed by atoms with Gasteiger partial charge in [0.25, 0.3) is 0 Å². The molecule has 6 nitrogen and oxygen atoms in total. The molecule has 2 aromatic heterocycles. The molecule has 0 amide bonds. The molecule has 6 aromatic carbocycles. The number of benzene rings is 6. The predicted octanol–water partition coefficient (Wildman–Crippen LogP) is 10.1. The fourth-order valence-electron chi connectivity index (χ4n) is 7.77. The highest BCUT2D eigenvalue weighted by Gasteiger charge is 2.60. The zero-order chi connectivity index (χ0) is 33.7. The largest absolute Gasteiger partial charge is 0.458 e. The van der Waals surface area contributed by atoms with Crippen molar-refractivity contribution in [2.24, 2.45) is 0 Å². The van der Waals surface area contributed by atoms with E-state index in [1.165, 1.54) is 0 Å². The topological polar surface area (TPSA) is 70.3 Å². The van der Waals surface area contributed by atoms with Crippen molar-refractivity contribution < 1.29 is 15.3 Å². The molecule has 0 fully saturated rings. The van der Waals surface area contributed by atoms with Gasteiger partial charge in [0.1, 0.15) is 16.8 Å². The Bertz CT molecular complexity index is 2720. The minimum Gasteiger partial charge on any atom is -0.458 e. The van der Waals surface area contributed by atoms with Crippen LogP contribution in [0.4, 0.5) is 0 Å². The number of para-hydroxylation sites is 3. The van der Waals surface area contributed by atoms with Crippen LogP contribution in [-0.4, -0.2) is 15.0 Å². The number of ether oxygens (including phenoxy) is 2. The normalized spacial score (nSPS) is 16.6. The number of aromatic nitrogens is 3. The number of nitrogens with zero attached hydrogens (tertiary/aromatic N) is 3. The summed E-state index contributed by atoms with van der Waals surface area (Å²) >= 11 is 0. The summed E-state index contributed by atoms with van der Waals surface area (Å²) in [6, 6.07) is 48.2. The molecular formula is C44H25N3O3. The number of hydrogen-bond acceptors (Lipinski definition) is 6. The third-order valence-corrected chi connectivity index (χ3v) is 9.92. The van der Waals surface area contributed by atoms with Gasteiger partial charge in [-0.15, -0.1) is 0 Å². The second-order valence-electron chi connectivity index (χ2n) is 12.6. The summed E-state index contributed by atoms with van der Waals surface area (Å²) < 4.78 is 29.2. The van der Waals surface area contributed by atoms with Crippen molar-refractivity contribution >= 4 is 16.7 Å². The SMILES string of the molecule is [2H]c1ccc2c(c1)-c1cc(-c3nc(-c4ccccc4)nc(-c4ccccc4)n3)ccc1C21C2=C(Oc3ccccc3O2)c2c1oc1ccccc21. The molecule has 6 heteroatoms. The van der Waals surface area contributed by atoms with E-state index in [2.05, 4.69) is 24.3 Å². The maximum absolute atomic E-state index is 8.72. The van der Waals surface area contributed by atoms with Crippen molar-refractivity contribution in [3.05, 3.63) is 180 Å². The molecule has 11 rings (SSSR count). The molecule has 2 aliphatic carbocycles. The molecule has 1 atom stereocenters. The van der Waals surface area contributed by atoms with Crippen LogP contribution in [0.5, 0.6) is 11.5 Å². The third kappa shape index (κ3) is 3.64. The van der Waals surface area contributed by atoms with Crippen LogP contribution < -0.4 is 9.47 Å². The van der Waals surface area contributed by atoms with Crippen molar-refractivity contribution in [3.63, 3.8) is 0 Å². The first-order valence-electron chi connectivity index (χ1n) is 17.0. The standard InChI is InChI=1S/C44H25N3O3/c1-3-13-26(14-4-1)41-45-42(27-15-5-2-6-16-27)47-43(46-41)28-23-24-33-31(25-28)29-17-7-9-19-32(29)44(33)39-37(30-18-8-10-20-34(30)49-39)38-40(44)50-36-22-12-11-21-35(36)48-38/h1-25H/i7D. The van der Waals surface area contributed by atoms with Gasteiger partial charge in [-0.2, -0.15) is 0 Å². The van der Waals surface area contributed by atoms with Gasteiger partial charge in [0, 0.05) is 22.1 Å². The summed E-state index contributed by atoms with van der Waals surface area (Å²) in [4.78, 5) is 14.9. The van der Waals surface area contributed by atoms with E-state index < -0.39 is 5.41 Å². The Morgan fingerprint density at radius 2 is 1.14 bits per heavy atom. The monoisotopic (exact) mass is 644 g/mol. The average Bonchev–Trinajstić information content (AvgIpc) is 3.80. The predicted molar refractivity (Wildman–Crippen MR) is 192 cm³/mol. The van der Waals surface area contributed by atoms with Gasteiger partial charge in [0.05, 0.1) is 6.93 Å². The summed E-state index contributed by atoms with van der Waals surface area (Å²) in [7, 11) is 0. The molecule has 0 N–H and O–H groups in total. The molecule has 0 saturated carbocycles. The maximum Gasteiger partial charge on any atom is 0.179 e. The second-order valence-corrected chi connectivity index (χ2v) is 12.6. The Morgan fingerprint density at radius 3 is 1.88 bits per heavy atom. The van der Waals surface area contributed by atoms with Gasteiger partial charge in [-0.3, -0.25) is 0 Å². The molecule has 0 saturated heterocycles. The first-order valence-corrected chi connectivity index (χ1v) is 16.5. The van der Waals surface area contributed by atoms with Crippen molar-refractivity contribution in [1.82, 2.24) is 15.0 Å². The van der Waals surface area contributed by atoms with Crippen LogP contribution in [0.15, 0.2) is 162 Å². The summed E-state index contributed by atoms with van der Waals surface area (Å²) in [6.45, 7) is 0. The van der Waals surface area contributed by atoms with Crippen LogP contribution in [-0.2, 0) is 5.41 Å². The van der Waals surface area contributed by atoms with Crippen LogP contribution in [0.2, 0.25) is 0 Å². The van der Waals surface area contributed by atoms with E-state index in [0.29, 0.717) is 46.5 Å². The maximum atomic E-state index is 8.72. The number of allylic oxidation sites excluding steroid dienone is 1. The van der Waals surface area contributed by atoms with E-state index >= 15 is 0 Å². The Morgan fingerprint density at radius 1 is 0.520 bits per heavy atom. The van der Waals surface area contributed by atoms with Gasteiger partial charge < -0.3 is 13.9 Å². The first kappa shape index (κ1) is 26.2. The third-order valence-electron chi connectivity index (χ3n) is 9.92. The van der Waals surface area contributed by atoms with Crippen LogP contribution >= 0.6 is 0 Å². The van der Waals surface area contributed by atoms with Gasteiger partial charge in [0.2, 0.25) is 0 Å². The van der Waals surface area contributed by atoms with E-state index in [4.69, 9.17) is 30.2 Å². The molecular weight excluding hydrogens is 619 g/mol. The van der Waals surface area contributed by atoms with Crippen LogP contribution in [0.25, 0.3) is 62.0 Å². The highest BCUT2D eigenvalue weighted by Crippen LogP contribution is 2.65. The average molecular weight is 645 g/mol. The minimum absolute atomic E-state index is 0.406. The number of fused-ring (bicyclic) bond motifs is 12. The van der Waals surface area contributed by atoms with Crippen LogP contribution in [0.1, 0.15) is 23.8 Å². The minimum atomic E-state index is -0.961. The number of furan rings is 1. The fraction of sp³-hybridized carbons (Fsp3) is 0.0227. The summed E-state index contributed by atoms with van der Waals surface area (Å²) in [5, 5.41) is 0.954. The molecule has 1 spiro atoms. The Kier molecular flexibility index (Phi) is 5.30. The van der Waals surface area contributed by atoms with Crippen LogP contribution in [0, 0.1) is 0 Å². The highest BCUT2D eigenvalue weighted by molar-refractivity contribution is 6.01. The first-order chi connectivity index (χ1) is 25.2. The van der Waals surface area contributed by atoms with Crippen molar-refractivity contribution in [3.8, 4) is 56.8 Å². The Balaban J connectivity index is 1.18. The van der Waals surface area contributed by atoms with Crippen molar-refractivity contribution in [2.75, 3.05) is 0 Å². The lowest BCUT2D eigenvalue weighted by Gasteiger charge is -2.31. The van der Waals surface area contributed by atoms with E-state index in [1.807, 2.05) is 121 Å². The quantitative estimate of drug-likeness (QED) is 0.191. The molecule has 50 heavy (non-hydrogen) atoms. The zero-order valence-corrected chi connectivity index (χ0v) is 26.4. The number of rotatable bonds is 3. The molecule has 3 heterocycles. The molecule has 0 radical (unpaired) electrons. The molecule has 0 bridgehead atoms. The Labute approximate surface area is 288 Å². The molecule has 1 aliphatic heterocycles. The summed E-state index contributed by atoms with van der Waals surface area (Å²) in [5.41, 5.74) is 7.12. The van der Waals surface area contributed by atoms with Gasteiger partial charge >= 0.3 is 0 Å². The molecule has 1 unspecified atom stereocenters. The molecule has 3 aliphatic rings. The summed E-state index contributed by atoms with van der Waals surface area (Å²) in [6.07, 6.45) is 0. The lowest BCUT2D eigenvalue weighted by atomic mass is 9.76. The van der Waals surface area contributed by atoms with Gasteiger partial charge in [0.15, 0.2) is 40.5 Å². The number of hydrogen-bond donors (Lipinski definition) is 0. The van der Waals surface area contributed by atoms with Crippen LogP contribution in [0.3, 0.4) is 0 Å². The van der Waals surface area contributed by atoms with Gasteiger partial charge in [-0.1, -0.05) is 127 Å². The molecule has 8 aromatic rings. The van der Waals surface area contributed by atoms with E-state index in [-0.39, 0.29) is 0 Å². The van der Waals surface area contributed by atoms with Crippen molar-refractivity contribution in [1.29, 1.82) is 0 Å². The Hall–Kier alpha value is -6.79. The highest BCUT2D eigenvalue weighted by atomic mass is 16.6. The second kappa shape index (κ2) is 10.1. The van der Waals surface area contributed by atoms with E-state index in [1.54, 1.807) is 0 Å². The smallest absolute Gasteiger partial charge is 0.179 e. The zero-order valence-electron chi connectivity index (χ0n) is 27.4. The van der Waals surface area contributed by atoms with E-state index in [9.17, 15) is 0 Å². The lowest BCUT2D eigenvalue weighted by molar-refractivity contribution is 0.306. The summed E-state index contributed by atoms with van der Waals surface area (Å²) in [5.74, 6) is 5.07. The van der Waals surface area contributed by atoms with Gasteiger partial charge in [-0.25, -0.2) is 15.0 Å². The lowest BCUT2D eigenvalue weighted by Crippen LogP contribution is -2.31. The molecule has 234 valence electrons. The van der Waals surface area contributed by atoms with Crippen molar-refractivity contribution in [2.45, 2.75) is 5.41 Å². The van der Waals surface area contributed by atoms with Gasteiger partial charge in [-0.05, 0) is 46.5 Å². The van der Waals surface area contributed by atoms with E-state index in [0.717, 1.165) is 61.2 Å². The fourth-order valence-corrected chi connectivity index (χ4v) is 7.77.